The predicted octanol–water partition coefficient (Wildman–Crippen LogP) is 2.34. The van der Waals surface area contributed by atoms with Crippen LogP contribution < -0.4 is 10.6 Å². The van der Waals surface area contributed by atoms with Crippen molar-refractivity contribution in [3.63, 3.8) is 0 Å². The van der Waals surface area contributed by atoms with Gasteiger partial charge in [-0.2, -0.15) is 11.8 Å². The maximum atomic E-state index is 5.85. The number of hydrogen-bond acceptors (Lipinski definition) is 5. The van der Waals surface area contributed by atoms with Gasteiger partial charge in [0, 0.05) is 30.8 Å². The second-order valence-corrected chi connectivity index (χ2v) is 5.83. The topological polar surface area (TPSA) is 55.0 Å². The average Bonchev–Trinajstić information content (AvgIpc) is 2.63. The monoisotopic (exact) mass is 266 g/mol. The summed E-state index contributed by atoms with van der Waals surface area (Å²) in [4.78, 5) is 11.2. The van der Waals surface area contributed by atoms with Gasteiger partial charge in [0.2, 0.25) is 0 Å². The molecule has 1 atom stereocenters. The molecule has 0 spiro atoms. The first kappa shape index (κ1) is 13.5. The van der Waals surface area contributed by atoms with Crippen molar-refractivity contribution >= 4 is 23.4 Å². The molecular formula is C13H22N4S. The maximum Gasteiger partial charge on any atom is 0.134 e. The van der Waals surface area contributed by atoms with Gasteiger partial charge in [0.05, 0.1) is 0 Å². The molecule has 1 aliphatic heterocycles. The molecule has 4 nitrogen and oxygen atoms in total. The number of nitrogens with two attached hydrogens (primary N) is 1. The minimum atomic E-state index is 0.586. The Balaban J connectivity index is 2.13. The lowest BCUT2D eigenvalue weighted by atomic mass is 10.2. The lowest BCUT2D eigenvalue weighted by molar-refractivity contribution is 0.745. The molecule has 1 unspecified atom stereocenters. The van der Waals surface area contributed by atoms with Crippen molar-refractivity contribution < 1.29 is 0 Å². The quantitative estimate of drug-likeness (QED) is 0.910. The molecule has 5 heteroatoms. The lowest BCUT2D eigenvalue weighted by Gasteiger charge is -2.22. The number of hydrogen-bond donors (Lipinski definition) is 1. The van der Waals surface area contributed by atoms with Crippen LogP contribution in [0.15, 0.2) is 6.07 Å². The van der Waals surface area contributed by atoms with Crippen molar-refractivity contribution in [3.05, 3.63) is 11.9 Å². The van der Waals surface area contributed by atoms with Crippen molar-refractivity contribution in [1.82, 2.24) is 9.97 Å². The van der Waals surface area contributed by atoms with Crippen LogP contribution in [-0.4, -0.2) is 34.6 Å². The Morgan fingerprint density at radius 2 is 2.22 bits per heavy atom. The van der Waals surface area contributed by atoms with Gasteiger partial charge < -0.3 is 10.6 Å². The summed E-state index contributed by atoms with van der Waals surface area (Å²) in [6.45, 7) is 4.21. The fourth-order valence-corrected chi connectivity index (χ4v) is 3.10. The van der Waals surface area contributed by atoms with Gasteiger partial charge in [-0.3, -0.25) is 0 Å². The lowest BCUT2D eigenvalue weighted by Crippen LogP contribution is -2.26. The first-order chi connectivity index (χ1) is 8.72. The SMILES string of the molecule is CCc1nc(N)cc(N2CCCC(SC)CC2)n1. The highest BCUT2D eigenvalue weighted by Gasteiger charge is 2.17. The molecule has 1 aromatic rings. The molecule has 1 aromatic heterocycles. The van der Waals surface area contributed by atoms with Crippen LogP contribution in [-0.2, 0) is 6.42 Å². The molecule has 0 radical (unpaired) electrons. The zero-order chi connectivity index (χ0) is 13.0. The van der Waals surface area contributed by atoms with Crippen molar-refractivity contribution in [1.29, 1.82) is 0 Å². The first-order valence-corrected chi connectivity index (χ1v) is 7.93. The number of aryl methyl sites for hydroxylation is 1. The minimum Gasteiger partial charge on any atom is -0.384 e. The highest BCUT2D eigenvalue weighted by atomic mass is 32.2. The van der Waals surface area contributed by atoms with E-state index in [1.807, 2.05) is 17.8 Å². The van der Waals surface area contributed by atoms with E-state index in [0.29, 0.717) is 5.82 Å². The molecule has 0 aromatic carbocycles. The molecule has 0 aliphatic carbocycles. The van der Waals surface area contributed by atoms with E-state index in [0.717, 1.165) is 36.4 Å². The highest BCUT2D eigenvalue weighted by Crippen LogP contribution is 2.24. The smallest absolute Gasteiger partial charge is 0.134 e. The van der Waals surface area contributed by atoms with Gasteiger partial charge in [0.1, 0.15) is 17.5 Å². The summed E-state index contributed by atoms with van der Waals surface area (Å²) in [5.41, 5.74) is 5.85. The van der Waals surface area contributed by atoms with Gasteiger partial charge in [0.15, 0.2) is 0 Å². The molecule has 0 saturated carbocycles. The molecule has 0 bridgehead atoms. The standard InChI is InChI=1S/C13H22N4S/c1-3-12-15-11(14)9-13(16-12)17-7-4-5-10(18-2)6-8-17/h9-10H,3-8H2,1-2H3,(H2,14,15,16). The Morgan fingerprint density at radius 3 is 2.94 bits per heavy atom. The number of rotatable bonds is 3. The third-order valence-corrected chi connectivity index (χ3v) is 4.57. The summed E-state index contributed by atoms with van der Waals surface area (Å²) < 4.78 is 0. The molecule has 2 heterocycles. The summed E-state index contributed by atoms with van der Waals surface area (Å²) in [6.07, 6.45) is 6.81. The van der Waals surface area contributed by atoms with Crippen LogP contribution in [0.4, 0.5) is 11.6 Å². The molecule has 18 heavy (non-hydrogen) atoms. The van der Waals surface area contributed by atoms with Gasteiger partial charge in [-0.05, 0) is 25.5 Å². The Labute approximate surface area is 113 Å². The third kappa shape index (κ3) is 3.28. The van der Waals surface area contributed by atoms with Crippen molar-refractivity contribution in [3.8, 4) is 0 Å². The van der Waals surface area contributed by atoms with E-state index in [-0.39, 0.29) is 0 Å². The van der Waals surface area contributed by atoms with Gasteiger partial charge in [-0.25, -0.2) is 9.97 Å². The van der Waals surface area contributed by atoms with Crippen molar-refractivity contribution in [2.75, 3.05) is 30.0 Å². The van der Waals surface area contributed by atoms with E-state index in [2.05, 4.69) is 28.0 Å². The fourth-order valence-electron chi connectivity index (χ4n) is 2.35. The van der Waals surface area contributed by atoms with E-state index in [9.17, 15) is 0 Å². The highest BCUT2D eigenvalue weighted by molar-refractivity contribution is 7.99. The zero-order valence-electron chi connectivity index (χ0n) is 11.2. The normalized spacial score (nSPS) is 20.8. The summed E-state index contributed by atoms with van der Waals surface area (Å²) >= 11 is 1.98. The van der Waals surface area contributed by atoms with Gasteiger partial charge in [-0.1, -0.05) is 6.92 Å². The Bertz CT molecular complexity index is 397. The largest absolute Gasteiger partial charge is 0.384 e. The van der Waals surface area contributed by atoms with Crippen LogP contribution >= 0.6 is 11.8 Å². The zero-order valence-corrected chi connectivity index (χ0v) is 12.0. The van der Waals surface area contributed by atoms with Crippen molar-refractivity contribution in [2.24, 2.45) is 0 Å². The number of anilines is 2. The number of nitrogens with zero attached hydrogens (tertiary/aromatic N) is 3. The Morgan fingerprint density at radius 1 is 1.39 bits per heavy atom. The molecule has 0 amide bonds. The molecule has 2 rings (SSSR count). The molecular weight excluding hydrogens is 244 g/mol. The Hall–Kier alpha value is -0.970. The third-order valence-electron chi connectivity index (χ3n) is 3.43. The van der Waals surface area contributed by atoms with Crippen molar-refractivity contribution in [2.45, 2.75) is 37.9 Å². The first-order valence-electron chi connectivity index (χ1n) is 6.64. The van der Waals surface area contributed by atoms with E-state index in [1.54, 1.807) is 0 Å². The van der Waals surface area contributed by atoms with Gasteiger partial charge in [-0.15, -0.1) is 0 Å². The number of nitrogen functional groups attached to an aromatic ring is 1. The summed E-state index contributed by atoms with van der Waals surface area (Å²) in [7, 11) is 0. The predicted molar refractivity (Wildman–Crippen MR) is 79.2 cm³/mol. The molecule has 1 fully saturated rings. The van der Waals surface area contributed by atoms with Gasteiger partial charge >= 0.3 is 0 Å². The van der Waals surface area contributed by atoms with Crippen LogP contribution in [0, 0.1) is 0 Å². The second-order valence-electron chi connectivity index (χ2n) is 4.70. The van der Waals surface area contributed by atoms with E-state index in [4.69, 9.17) is 5.73 Å². The second kappa shape index (κ2) is 6.27. The number of aromatic nitrogens is 2. The Kier molecular flexibility index (Phi) is 4.69. The number of thioether (sulfide) groups is 1. The van der Waals surface area contributed by atoms with Crippen LogP contribution in [0.1, 0.15) is 32.0 Å². The molecule has 2 N–H and O–H groups in total. The minimum absolute atomic E-state index is 0.586. The van der Waals surface area contributed by atoms with Crippen LogP contribution in [0.3, 0.4) is 0 Å². The van der Waals surface area contributed by atoms with Crippen LogP contribution in [0.5, 0.6) is 0 Å². The molecule has 1 saturated heterocycles. The van der Waals surface area contributed by atoms with E-state index < -0.39 is 0 Å². The average molecular weight is 266 g/mol. The van der Waals surface area contributed by atoms with Gasteiger partial charge in [0.25, 0.3) is 0 Å². The summed E-state index contributed by atoms with van der Waals surface area (Å²) in [6, 6.07) is 1.90. The summed E-state index contributed by atoms with van der Waals surface area (Å²) in [5, 5.41) is 0.792. The molecule has 100 valence electrons. The van der Waals surface area contributed by atoms with Crippen LogP contribution in [0.25, 0.3) is 0 Å². The fraction of sp³-hybridized carbons (Fsp3) is 0.692. The molecule has 1 aliphatic rings. The van der Waals surface area contributed by atoms with E-state index >= 15 is 0 Å². The van der Waals surface area contributed by atoms with Crippen LogP contribution in [0.2, 0.25) is 0 Å². The maximum absolute atomic E-state index is 5.85. The van der Waals surface area contributed by atoms with E-state index in [1.165, 1.54) is 19.3 Å². The summed E-state index contributed by atoms with van der Waals surface area (Å²) in [5.74, 6) is 2.43.